The number of hydrogen-bond donors (Lipinski definition) is 2. The molecule has 0 aromatic heterocycles. The van der Waals surface area contributed by atoms with Crippen LogP contribution < -0.4 is 16.0 Å². The van der Waals surface area contributed by atoms with Gasteiger partial charge in [-0.2, -0.15) is 0 Å². The number of rotatable bonds is 4. The number of benzene rings is 2. The summed E-state index contributed by atoms with van der Waals surface area (Å²) in [6.07, 6.45) is 2.63. The van der Waals surface area contributed by atoms with Crippen molar-refractivity contribution >= 4 is 17.1 Å². The van der Waals surface area contributed by atoms with Gasteiger partial charge in [0, 0.05) is 36.7 Å². The normalized spacial score (nSPS) is 14.5. The Morgan fingerprint density at radius 3 is 2.35 bits per heavy atom. The molecule has 104 valence electrons. The van der Waals surface area contributed by atoms with Crippen molar-refractivity contribution in [2.45, 2.75) is 19.4 Å². The van der Waals surface area contributed by atoms with Gasteiger partial charge in [-0.05, 0) is 48.7 Å². The maximum Gasteiger partial charge on any atom is 0.0421 e. The van der Waals surface area contributed by atoms with Gasteiger partial charge in [-0.1, -0.05) is 18.2 Å². The van der Waals surface area contributed by atoms with Crippen molar-refractivity contribution in [2.24, 2.45) is 0 Å². The van der Waals surface area contributed by atoms with Crippen LogP contribution in [0.25, 0.3) is 0 Å². The number of nitrogens with one attached hydrogen (secondary N) is 1. The Hall–Kier alpha value is -2.16. The number of nitrogens with zero attached hydrogens (tertiary/aromatic N) is 1. The number of hydrogen-bond acceptors (Lipinski definition) is 3. The van der Waals surface area contributed by atoms with E-state index in [1.165, 1.54) is 31.6 Å². The number of nitrogens with two attached hydrogens (primary N) is 1. The van der Waals surface area contributed by atoms with E-state index in [0.717, 1.165) is 23.5 Å². The second-order valence-electron chi connectivity index (χ2n) is 5.29. The van der Waals surface area contributed by atoms with Crippen molar-refractivity contribution in [1.29, 1.82) is 0 Å². The fourth-order valence-electron chi connectivity index (χ4n) is 2.66. The molecule has 1 heterocycles. The number of anilines is 3. The van der Waals surface area contributed by atoms with Crippen LogP contribution in [0.5, 0.6) is 0 Å². The van der Waals surface area contributed by atoms with E-state index in [-0.39, 0.29) is 0 Å². The molecule has 3 heteroatoms. The van der Waals surface area contributed by atoms with E-state index in [4.69, 9.17) is 5.73 Å². The van der Waals surface area contributed by atoms with Crippen LogP contribution >= 0.6 is 0 Å². The minimum absolute atomic E-state index is 0.760. The molecule has 0 amide bonds. The Morgan fingerprint density at radius 2 is 1.65 bits per heavy atom. The molecule has 3 N–H and O–H groups in total. The van der Waals surface area contributed by atoms with Crippen LogP contribution in [0.3, 0.4) is 0 Å². The lowest BCUT2D eigenvalue weighted by Gasteiger charge is -2.18. The lowest BCUT2D eigenvalue weighted by Crippen LogP contribution is -2.17. The Bertz CT molecular complexity index is 557. The molecule has 3 rings (SSSR count). The molecule has 0 saturated carbocycles. The SMILES string of the molecule is Nc1ccccc1CNc1ccc(N2CCCC2)cc1. The van der Waals surface area contributed by atoms with Crippen LogP contribution in [0, 0.1) is 0 Å². The molecule has 1 aliphatic rings. The van der Waals surface area contributed by atoms with Gasteiger partial charge in [0.15, 0.2) is 0 Å². The summed E-state index contributed by atoms with van der Waals surface area (Å²) in [5, 5.41) is 3.42. The Morgan fingerprint density at radius 1 is 0.950 bits per heavy atom. The molecule has 0 unspecified atom stereocenters. The Balaban J connectivity index is 1.62. The van der Waals surface area contributed by atoms with Gasteiger partial charge in [0.1, 0.15) is 0 Å². The van der Waals surface area contributed by atoms with Crippen molar-refractivity contribution in [3.8, 4) is 0 Å². The van der Waals surface area contributed by atoms with Crippen molar-refractivity contribution in [1.82, 2.24) is 0 Å². The van der Waals surface area contributed by atoms with E-state index >= 15 is 0 Å². The van der Waals surface area contributed by atoms with E-state index in [1.807, 2.05) is 18.2 Å². The molecular weight excluding hydrogens is 246 g/mol. The lowest BCUT2D eigenvalue weighted by molar-refractivity contribution is 0.949. The Labute approximate surface area is 120 Å². The highest BCUT2D eigenvalue weighted by Gasteiger charge is 2.11. The smallest absolute Gasteiger partial charge is 0.0421 e. The lowest BCUT2D eigenvalue weighted by atomic mass is 10.2. The highest BCUT2D eigenvalue weighted by atomic mass is 15.1. The molecule has 1 saturated heterocycles. The molecule has 0 spiro atoms. The van der Waals surface area contributed by atoms with E-state index in [2.05, 4.69) is 40.5 Å². The summed E-state index contributed by atoms with van der Waals surface area (Å²) in [6.45, 7) is 3.14. The molecular formula is C17H21N3. The summed E-state index contributed by atoms with van der Waals surface area (Å²) < 4.78 is 0. The van der Waals surface area contributed by atoms with Crippen LogP contribution in [-0.4, -0.2) is 13.1 Å². The summed E-state index contributed by atoms with van der Waals surface area (Å²) in [7, 11) is 0. The van der Waals surface area contributed by atoms with Gasteiger partial charge in [0.05, 0.1) is 0 Å². The largest absolute Gasteiger partial charge is 0.398 e. The van der Waals surface area contributed by atoms with E-state index in [9.17, 15) is 0 Å². The van der Waals surface area contributed by atoms with Crippen LogP contribution in [0.1, 0.15) is 18.4 Å². The molecule has 1 fully saturated rings. The van der Waals surface area contributed by atoms with Crippen molar-refractivity contribution in [2.75, 3.05) is 29.0 Å². The number of para-hydroxylation sites is 1. The number of nitrogen functional groups attached to an aromatic ring is 1. The van der Waals surface area contributed by atoms with Crippen LogP contribution in [-0.2, 0) is 6.54 Å². The highest BCUT2D eigenvalue weighted by Crippen LogP contribution is 2.22. The quantitative estimate of drug-likeness (QED) is 0.833. The minimum atomic E-state index is 0.760. The molecule has 2 aromatic rings. The first-order valence-corrected chi connectivity index (χ1v) is 7.25. The molecule has 2 aromatic carbocycles. The second kappa shape index (κ2) is 5.87. The van der Waals surface area contributed by atoms with E-state index < -0.39 is 0 Å². The minimum Gasteiger partial charge on any atom is -0.398 e. The third kappa shape index (κ3) is 2.87. The third-order valence-corrected chi connectivity index (χ3v) is 3.88. The van der Waals surface area contributed by atoms with Gasteiger partial charge < -0.3 is 16.0 Å². The summed E-state index contributed by atoms with van der Waals surface area (Å²) in [4.78, 5) is 2.44. The third-order valence-electron chi connectivity index (χ3n) is 3.88. The van der Waals surface area contributed by atoms with Gasteiger partial charge >= 0.3 is 0 Å². The van der Waals surface area contributed by atoms with Crippen molar-refractivity contribution < 1.29 is 0 Å². The summed E-state index contributed by atoms with van der Waals surface area (Å²) in [5.41, 5.74) is 10.4. The predicted octanol–water partition coefficient (Wildman–Crippen LogP) is 3.48. The zero-order valence-electron chi connectivity index (χ0n) is 11.7. The van der Waals surface area contributed by atoms with Gasteiger partial charge in [-0.15, -0.1) is 0 Å². The average Bonchev–Trinajstić information content (AvgIpc) is 3.01. The molecule has 0 radical (unpaired) electrons. The highest BCUT2D eigenvalue weighted by molar-refractivity contribution is 5.56. The average molecular weight is 267 g/mol. The van der Waals surface area contributed by atoms with Gasteiger partial charge in [0.2, 0.25) is 0 Å². The van der Waals surface area contributed by atoms with Crippen LogP contribution in [0.15, 0.2) is 48.5 Å². The van der Waals surface area contributed by atoms with Crippen molar-refractivity contribution in [3.63, 3.8) is 0 Å². The maximum atomic E-state index is 5.94. The summed E-state index contributed by atoms with van der Waals surface area (Å²) in [6, 6.07) is 16.7. The fraction of sp³-hybridized carbons (Fsp3) is 0.294. The first-order valence-electron chi connectivity index (χ1n) is 7.25. The first-order chi connectivity index (χ1) is 9.83. The van der Waals surface area contributed by atoms with Crippen molar-refractivity contribution in [3.05, 3.63) is 54.1 Å². The molecule has 20 heavy (non-hydrogen) atoms. The van der Waals surface area contributed by atoms with E-state index in [0.29, 0.717) is 0 Å². The van der Waals surface area contributed by atoms with Gasteiger partial charge in [0.25, 0.3) is 0 Å². The molecule has 1 aliphatic heterocycles. The monoisotopic (exact) mass is 267 g/mol. The standard InChI is InChI=1S/C17H21N3/c18-17-6-2-1-5-14(17)13-19-15-7-9-16(10-8-15)20-11-3-4-12-20/h1-2,5-10,19H,3-4,11-13,18H2. The fourth-order valence-corrected chi connectivity index (χ4v) is 2.66. The Kier molecular flexibility index (Phi) is 3.77. The summed E-state index contributed by atoms with van der Waals surface area (Å²) in [5.74, 6) is 0. The second-order valence-corrected chi connectivity index (χ2v) is 5.29. The van der Waals surface area contributed by atoms with Gasteiger partial charge in [-0.3, -0.25) is 0 Å². The zero-order chi connectivity index (χ0) is 13.8. The van der Waals surface area contributed by atoms with E-state index in [1.54, 1.807) is 0 Å². The molecule has 0 bridgehead atoms. The first kappa shape index (κ1) is 12.9. The summed E-state index contributed by atoms with van der Waals surface area (Å²) >= 11 is 0. The zero-order valence-corrected chi connectivity index (χ0v) is 11.7. The topological polar surface area (TPSA) is 41.3 Å². The molecule has 0 atom stereocenters. The van der Waals surface area contributed by atoms with Crippen LogP contribution in [0.4, 0.5) is 17.1 Å². The predicted molar refractivity (Wildman–Crippen MR) is 86.1 cm³/mol. The molecule has 3 nitrogen and oxygen atoms in total. The molecule has 0 aliphatic carbocycles. The maximum absolute atomic E-state index is 5.94. The van der Waals surface area contributed by atoms with Crippen LogP contribution in [0.2, 0.25) is 0 Å². The van der Waals surface area contributed by atoms with Gasteiger partial charge in [-0.25, -0.2) is 0 Å².